The molecule has 1 fully saturated rings. The number of esters is 1. The van der Waals surface area contributed by atoms with E-state index < -0.39 is 12.2 Å². The third-order valence-electron chi connectivity index (χ3n) is 6.55. The number of aliphatic hydroxyl groups is 2. The standard InChI is InChI=1S/C26H36ClNO4S/c1-3-5-6-9-21(29)17-11-13-18(14-12-17)25-19(20(27)15-22(25)30)8-7-10-24-28-16-23(33-24)26(31)32-4-2/h11-14,16,19-22,25,29-30H,3-10,15H2,1-2H3. The zero-order valence-corrected chi connectivity index (χ0v) is 21.2. The van der Waals surface area contributed by atoms with Gasteiger partial charge in [0, 0.05) is 11.3 Å². The normalized spacial score (nSPS) is 23.5. The number of alkyl halides is 1. The molecule has 1 aromatic carbocycles. The molecule has 0 radical (unpaired) electrons. The van der Waals surface area contributed by atoms with Gasteiger partial charge in [0.05, 0.1) is 30.0 Å². The minimum atomic E-state index is -0.465. The summed E-state index contributed by atoms with van der Waals surface area (Å²) in [6, 6.07) is 8.06. The number of rotatable bonds is 12. The summed E-state index contributed by atoms with van der Waals surface area (Å²) in [7, 11) is 0. The van der Waals surface area contributed by atoms with Crippen molar-refractivity contribution in [1.29, 1.82) is 0 Å². The van der Waals surface area contributed by atoms with Gasteiger partial charge in [-0.05, 0) is 56.1 Å². The summed E-state index contributed by atoms with van der Waals surface area (Å²) >= 11 is 8.04. The highest BCUT2D eigenvalue weighted by atomic mass is 35.5. The Hall–Kier alpha value is -1.47. The number of aliphatic hydroxyl groups excluding tert-OH is 2. The van der Waals surface area contributed by atoms with Gasteiger partial charge in [-0.2, -0.15) is 0 Å². The maximum Gasteiger partial charge on any atom is 0.349 e. The van der Waals surface area contributed by atoms with Crippen molar-refractivity contribution in [3.05, 3.63) is 51.5 Å². The van der Waals surface area contributed by atoms with Crippen LogP contribution >= 0.6 is 22.9 Å². The number of carbonyl (C=O) groups is 1. The second-order valence-corrected chi connectivity index (χ2v) is 10.6. The first-order valence-corrected chi connectivity index (χ1v) is 13.4. The van der Waals surface area contributed by atoms with E-state index in [2.05, 4.69) is 11.9 Å². The summed E-state index contributed by atoms with van der Waals surface area (Å²) in [6.45, 7) is 4.30. The Labute approximate surface area is 206 Å². The van der Waals surface area contributed by atoms with Gasteiger partial charge >= 0.3 is 5.97 Å². The highest BCUT2D eigenvalue weighted by molar-refractivity contribution is 7.13. The summed E-state index contributed by atoms with van der Waals surface area (Å²) in [5.74, 6) is -0.156. The Bertz CT molecular complexity index is 871. The lowest BCUT2D eigenvalue weighted by atomic mass is 9.84. The number of benzene rings is 1. The summed E-state index contributed by atoms with van der Waals surface area (Å²) in [5.41, 5.74) is 2.02. The lowest BCUT2D eigenvalue weighted by Crippen LogP contribution is -2.19. The summed E-state index contributed by atoms with van der Waals surface area (Å²) in [4.78, 5) is 16.7. The van der Waals surface area contributed by atoms with Gasteiger partial charge in [-0.1, -0.05) is 50.5 Å². The van der Waals surface area contributed by atoms with Crippen molar-refractivity contribution in [2.24, 2.45) is 5.92 Å². The second kappa shape index (κ2) is 12.8. The van der Waals surface area contributed by atoms with Crippen LogP contribution < -0.4 is 0 Å². The topological polar surface area (TPSA) is 79.7 Å². The molecule has 0 aliphatic heterocycles. The van der Waals surface area contributed by atoms with E-state index in [1.54, 1.807) is 13.1 Å². The molecule has 5 unspecified atom stereocenters. The number of ether oxygens (including phenoxy) is 1. The third-order valence-corrected chi connectivity index (χ3v) is 8.09. The molecule has 0 amide bonds. The highest BCUT2D eigenvalue weighted by Crippen LogP contribution is 2.45. The third kappa shape index (κ3) is 7.01. The molecule has 182 valence electrons. The smallest absolute Gasteiger partial charge is 0.349 e. The highest BCUT2D eigenvalue weighted by Gasteiger charge is 2.42. The van der Waals surface area contributed by atoms with Gasteiger partial charge in [-0.25, -0.2) is 9.78 Å². The molecule has 5 atom stereocenters. The lowest BCUT2D eigenvalue weighted by Gasteiger charge is -2.24. The van der Waals surface area contributed by atoms with Crippen molar-refractivity contribution in [2.45, 2.75) is 88.7 Å². The van der Waals surface area contributed by atoms with E-state index in [-0.39, 0.29) is 23.2 Å². The van der Waals surface area contributed by atoms with Gasteiger partial charge in [0.25, 0.3) is 0 Å². The van der Waals surface area contributed by atoms with Crippen LogP contribution in [0.2, 0.25) is 0 Å². The Morgan fingerprint density at radius 1 is 1.24 bits per heavy atom. The van der Waals surface area contributed by atoms with Gasteiger partial charge in [0.2, 0.25) is 0 Å². The largest absolute Gasteiger partial charge is 0.462 e. The fourth-order valence-corrected chi connectivity index (χ4v) is 6.12. The van der Waals surface area contributed by atoms with Gasteiger partial charge in [-0.15, -0.1) is 22.9 Å². The lowest BCUT2D eigenvalue weighted by molar-refractivity contribution is 0.0531. The average Bonchev–Trinajstić information content (AvgIpc) is 3.38. The van der Waals surface area contributed by atoms with Crippen LogP contribution in [0.25, 0.3) is 0 Å². The molecule has 3 rings (SSSR count). The van der Waals surface area contributed by atoms with E-state index >= 15 is 0 Å². The van der Waals surface area contributed by atoms with Crippen molar-refractivity contribution in [3.63, 3.8) is 0 Å². The number of thiazole rings is 1. The molecule has 5 nitrogen and oxygen atoms in total. The second-order valence-electron chi connectivity index (χ2n) is 8.92. The van der Waals surface area contributed by atoms with E-state index in [1.807, 2.05) is 24.3 Å². The van der Waals surface area contributed by atoms with Crippen LogP contribution in [0, 0.1) is 5.92 Å². The summed E-state index contributed by atoms with van der Waals surface area (Å²) in [6.07, 6.45) is 7.89. The van der Waals surface area contributed by atoms with E-state index in [0.717, 1.165) is 61.1 Å². The number of hydrogen-bond donors (Lipinski definition) is 2. The van der Waals surface area contributed by atoms with Crippen LogP contribution in [-0.2, 0) is 11.2 Å². The van der Waals surface area contributed by atoms with Crippen molar-refractivity contribution < 1.29 is 19.7 Å². The number of hydrogen-bond acceptors (Lipinski definition) is 6. The quantitative estimate of drug-likeness (QED) is 0.214. The Balaban J connectivity index is 1.58. The Kier molecular flexibility index (Phi) is 10.2. The number of aromatic nitrogens is 1. The maximum absolute atomic E-state index is 11.8. The minimum absolute atomic E-state index is 0.00910. The van der Waals surface area contributed by atoms with Crippen molar-refractivity contribution in [1.82, 2.24) is 4.98 Å². The molecule has 2 aromatic rings. The van der Waals surface area contributed by atoms with Gasteiger partial charge in [0.1, 0.15) is 4.88 Å². The van der Waals surface area contributed by atoms with E-state index in [1.165, 1.54) is 11.3 Å². The number of unbranched alkanes of at least 4 members (excludes halogenated alkanes) is 2. The van der Waals surface area contributed by atoms with E-state index in [9.17, 15) is 15.0 Å². The van der Waals surface area contributed by atoms with Crippen molar-refractivity contribution in [3.8, 4) is 0 Å². The molecular formula is C26H36ClNO4S. The van der Waals surface area contributed by atoms with Crippen LogP contribution in [0.5, 0.6) is 0 Å². The Morgan fingerprint density at radius 3 is 2.70 bits per heavy atom. The van der Waals surface area contributed by atoms with Gasteiger partial charge in [0.15, 0.2) is 0 Å². The van der Waals surface area contributed by atoms with Crippen LogP contribution in [-0.4, -0.2) is 39.3 Å². The van der Waals surface area contributed by atoms with Crippen LogP contribution in [0.1, 0.15) is 96.6 Å². The first-order valence-electron chi connectivity index (χ1n) is 12.2. The Morgan fingerprint density at radius 2 is 2.00 bits per heavy atom. The molecule has 1 aromatic heterocycles. The van der Waals surface area contributed by atoms with Crippen LogP contribution in [0.4, 0.5) is 0 Å². The average molecular weight is 494 g/mol. The van der Waals surface area contributed by atoms with E-state index in [0.29, 0.717) is 17.9 Å². The van der Waals surface area contributed by atoms with Crippen LogP contribution in [0.15, 0.2) is 30.5 Å². The van der Waals surface area contributed by atoms with Crippen LogP contribution in [0.3, 0.4) is 0 Å². The molecule has 0 bridgehead atoms. The number of aryl methyl sites for hydroxylation is 1. The molecule has 33 heavy (non-hydrogen) atoms. The molecule has 1 aliphatic rings. The minimum Gasteiger partial charge on any atom is -0.462 e. The van der Waals surface area contributed by atoms with E-state index in [4.69, 9.17) is 16.3 Å². The van der Waals surface area contributed by atoms with Gasteiger partial charge < -0.3 is 14.9 Å². The molecule has 0 saturated heterocycles. The maximum atomic E-state index is 11.8. The first kappa shape index (κ1) is 26.1. The fourth-order valence-electron chi connectivity index (χ4n) is 4.80. The zero-order chi connectivity index (χ0) is 23.8. The molecule has 1 heterocycles. The fraction of sp³-hybridized carbons (Fsp3) is 0.615. The summed E-state index contributed by atoms with van der Waals surface area (Å²) in [5, 5.41) is 22.0. The predicted molar refractivity (Wildman–Crippen MR) is 133 cm³/mol. The number of halogens is 1. The predicted octanol–water partition coefficient (Wildman–Crippen LogP) is 6.03. The molecule has 1 saturated carbocycles. The molecule has 2 N–H and O–H groups in total. The molecule has 7 heteroatoms. The van der Waals surface area contributed by atoms with Crippen molar-refractivity contribution in [2.75, 3.05) is 6.61 Å². The zero-order valence-electron chi connectivity index (χ0n) is 19.6. The van der Waals surface area contributed by atoms with Gasteiger partial charge in [-0.3, -0.25) is 0 Å². The SMILES string of the molecule is CCCCCC(O)c1ccc(C2C(O)CC(Cl)C2CCCc2ncc(C(=O)OCC)s2)cc1. The summed E-state index contributed by atoms with van der Waals surface area (Å²) < 4.78 is 5.03. The molecule has 0 spiro atoms. The molecule has 1 aliphatic carbocycles. The van der Waals surface area contributed by atoms with Crippen molar-refractivity contribution >= 4 is 28.9 Å². The first-order chi connectivity index (χ1) is 15.9. The number of nitrogens with zero attached hydrogens (tertiary/aromatic N) is 1. The molecular weight excluding hydrogens is 458 g/mol. The number of carbonyl (C=O) groups excluding carboxylic acids is 1. The monoisotopic (exact) mass is 493 g/mol.